The van der Waals surface area contributed by atoms with Crippen molar-refractivity contribution in [1.82, 2.24) is 20.7 Å². The normalized spacial score (nSPS) is 12.1. The molecule has 3 N–H and O–H groups in total. The number of H-pyrrole nitrogens is 1. The predicted molar refractivity (Wildman–Crippen MR) is 144 cm³/mol. The van der Waals surface area contributed by atoms with Crippen LogP contribution >= 0.6 is 0 Å². The van der Waals surface area contributed by atoms with Crippen LogP contribution in [-0.2, 0) is 16.2 Å². The molecule has 192 valence electrons. The molecule has 2 aromatic heterocycles. The van der Waals surface area contributed by atoms with E-state index in [9.17, 15) is 8.53 Å². The Balaban J connectivity index is 0.000000180. The van der Waals surface area contributed by atoms with E-state index in [4.69, 9.17) is 9.08 Å². The van der Waals surface area contributed by atoms with Crippen LogP contribution in [0.2, 0.25) is 0 Å². The van der Waals surface area contributed by atoms with E-state index in [1.807, 2.05) is 78.4 Å². The molecule has 0 bridgehead atoms. The molecule has 1 atom stereocenters. The Kier molecular flexibility index (Phi) is 9.02. The number of rotatable bonds is 7. The van der Waals surface area contributed by atoms with Crippen molar-refractivity contribution < 1.29 is 21.5 Å². The maximum atomic E-state index is 12.4. The van der Waals surface area contributed by atoms with E-state index in [0.717, 1.165) is 33.5 Å². The molecule has 1 amide bonds. The summed E-state index contributed by atoms with van der Waals surface area (Å²) in [6, 6.07) is 30.2. The minimum Gasteiger partial charge on any atom is -0.277 e. The summed E-state index contributed by atoms with van der Waals surface area (Å²) in [6.45, 7) is 1.19. The number of benzene rings is 3. The zero-order valence-corrected chi connectivity index (χ0v) is 22.3. The Labute approximate surface area is 222 Å². The third-order valence-electron chi connectivity index (χ3n) is 5.38. The fraction of sp³-hybridized carbons (Fsp3) is 0.0357. The zero-order valence-electron chi connectivity index (χ0n) is 20.4. The predicted octanol–water partition coefficient (Wildman–Crippen LogP) is 4.63. The second-order valence-corrected chi connectivity index (χ2v) is 11.9. The number of hydrogen-bond donors (Lipinski definition) is 3. The number of amides is 1. The smallest absolute Gasteiger partial charge is 0.0728 e. The Hall–Kier alpha value is -4.27. The second-order valence-electron chi connectivity index (χ2n) is 8.01. The molecule has 0 aliphatic rings. The Bertz CT molecular complexity index is 1460. The van der Waals surface area contributed by atoms with E-state index >= 15 is 0 Å². The van der Waals surface area contributed by atoms with Gasteiger partial charge >= 0.3 is 124 Å². The van der Waals surface area contributed by atoms with Crippen LogP contribution < -0.4 is 9.83 Å². The average Bonchev–Trinajstić information content (AvgIpc) is 3.48. The van der Waals surface area contributed by atoms with E-state index in [2.05, 4.69) is 31.2 Å². The Morgan fingerprint density at radius 1 is 0.842 bits per heavy atom. The van der Waals surface area contributed by atoms with Gasteiger partial charge in [0.15, 0.2) is 0 Å². The van der Waals surface area contributed by atoms with E-state index in [1.165, 1.54) is 13.0 Å². The molecule has 0 saturated carbocycles. The topological polar surface area (TPSA) is 126 Å². The van der Waals surface area contributed by atoms with E-state index in [-0.39, 0.29) is 4.35 Å². The van der Waals surface area contributed by atoms with Gasteiger partial charge in [0.1, 0.15) is 0 Å². The van der Waals surface area contributed by atoms with Crippen molar-refractivity contribution in [3.05, 3.63) is 116 Å². The van der Waals surface area contributed by atoms with Gasteiger partial charge in [-0.25, -0.2) is 0 Å². The van der Waals surface area contributed by atoms with Gasteiger partial charge in [0, 0.05) is 23.5 Å². The quantitative estimate of drug-likeness (QED) is 0.148. The molecule has 38 heavy (non-hydrogen) atoms. The maximum Gasteiger partial charge on any atom is 0.0728 e. The maximum absolute atomic E-state index is 12.4. The molecular weight excluding hydrogens is 547 g/mol. The molecule has 0 spiro atoms. The fourth-order valence-electron chi connectivity index (χ4n) is 3.59. The van der Waals surface area contributed by atoms with Crippen LogP contribution in [0.15, 0.2) is 116 Å². The summed E-state index contributed by atoms with van der Waals surface area (Å²) >= 11 is -4.74. The van der Waals surface area contributed by atoms with Gasteiger partial charge in [0.2, 0.25) is 0 Å². The second kappa shape index (κ2) is 12.8. The molecule has 5 aromatic rings. The van der Waals surface area contributed by atoms with E-state index < -0.39 is 20.1 Å². The first-order chi connectivity index (χ1) is 18.5. The van der Waals surface area contributed by atoms with Gasteiger partial charge in [0.05, 0.1) is 11.9 Å². The number of nitrogens with zero attached hydrogens (tertiary/aromatic N) is 2. The number of carbonyl (C=O) groups excluding carboxylic acids is 1. The summed E-state index contributed by atoms with van der Waals surface area (Å²) < 4.78 is 21.4. The molecule has 0 radical (unpaired) electrons. The van der Waals surface area contributed by atoms with Crippen molar-refractivity contribution in [2.45, 2.75) is 6.92 Å². The molecule has 3 aromatic carbocycles. The minimum atomic E-state index is -4.74. The fourth-order valence-corrected chi connectivity index (χ4v) is 5.79. The van der Waals surface area contributed by atoms with Crippen molar-refractivity contribution in [3.63, 3.8) is 0 Å². The number of hydrogen-bond acceptors (Lipinski definition) is 7. The van der Waals surface area contributed by atoms with Crippen LogP contribution in [0.3, 0.4) is 0 Å². The summed E-state index contributed by atoms with van der Waals surface area (Å²) in [5.74, 6) is -0.548. The van der Waals surface area contributed by atoms with Gasteiger partial charge in [-0.3, -0.25) is 10.1 Å². The SMILES string of the molecule is CC(=O)NO[As](=O)(OO)c1cccc(-c2ccccc2)c1.c1ccc(-c2[nH]ncc2-c2ccncc2)cc1. The molecule has 1 unspecified atom stereocenters. The zero-order chi connectivity index (χ0) is 26.8. The van der Waals surface area contributed by atoms with Crippen LogP contribution in [0.25, 0.3) is 33.5 Å². The molecule has 9 nitrogen and oxygen atoms in total. The summed E-state index contributed by atoms with van der Waals surface area (Å²) in [5.41, 5.74) is 8.03. The van der Waals surface area contributed by atoms with Crippen LogP contribution in [0.4, 0.5) is 0 Å². The first-order valence-electron chi connectivity index (χ1n) is 11.5. The molecule has 0 saturated heterocycles. The average molecular weight is 572 g/mol. The van der Waals surface area contributed by atoms with Gasteiger partial charge in [-0.05, 0) is 17.7 Å². The van der Waals surface area contributed by atoms with Gasteiger partial charge in [-0.15, -0.1) is 0 Å². The van der Waals surface area contributed by atoms with Gasteiger partial charge in [-0.2, -0.15) is 5.10 Å². The van der Waals surface area contributed by atoms with Crippen LogP contribution in [0.5, 0.6) is 0 Å². The van der Waals surface area contributed by atoms with Crippen molar-refractivity contribution in [3.8, 4) is 33.5 Å². The van der Waals surface area contributed by atoms with Crippen LogP contribution in [-0.4, -0.2) is 40.5 Å². The molecule has 2 heterocycles. The summed E-state index contributed by atoms with van der Waals surface area (Å²) in [7, 11) is 0. The van der Waals surface area contributed by atoms with Crippen molar-refractivity contribution in [2.24, 2.45) is 0 Å². The van der Waals surface area contributed by atoms with Crippen molar-refractivity contribution >= 4 is 24.4 Å². The first kappa shape index (κ1) is 26.8. The van der Waals surface area contributed by atoms with Gasteiger partial charge in [0.25, 0.3) is 0 Å². The van der Waals surface area contributed by atoms with Gasteiger partial charge in [-0.1, -0.05) is 30.3 Å². The number of pyridine rings is 1. The number of hydroxylamine groups is 1. The van der Waals surface area contributed by atoms with Crippen molar-refractivity contribution in [2.75, 3.05) is 0 Å². The number of nitrogens with one attached hydrogen (secondary N) is 2. The first-order valence-corrected chi connectivity index (χ1v) is 14.8. The number of aromatic amines is 1. The van der Waals surface area contributed by atoms with Crippen molar-refractivity contribution in [1.29, 1.82) is 0 Å². The summed E-state index contributed by atoms with van der Waals surface area (Å²) in [4.78, 5) is 14.9. The molecule has 5 rings (SSSR count). The Morgan fingerprint density at radius 3 is 2.11 bits per heavy atom. The molecular formula is C28H25AsN4O5. The molecule has 0 aliphatic carbocycles. The van der Waals surface area contributed by atoms with Crippen LogP contribution in [0.1, 0.15) is 6.92 Å². The molecule has 0 aliphatic heterocycles. The van der Waals surface area contributed by atoms with Crippen LogP contribution in [0, 0.1) is 0 Å². The van der Waals surface area contributed by atoms with E-state index in [1.54, 1.807) is 24.5 Å². The third-order valence-corrected chi connectivity index (χ3v) is 8.44. The summed E-state index contributed by atoms with van der Waals surface area (Å²) in [5, 5.41) is 16.1. The van der Waals surface area contributed by atoms with E-state index in [0.29, 0.717) is 0 Å². The summed E-state index contributed by atoms with van der Waals surface area (Å²) in [6.07, 6.45) is 5.42. The molecule has 0 fully saturated rings. The monoisotopic (exact) mass is 572 g/mol. The Morgan fingerprint density at radius 2 is 1.47 bits per heavy atom. The third kappa shape index (κ3) is 6.73. The number of carbonyl (C=O) groups is 1. The largest absolute Gasteiger partial charge is 0.277 e. The standard InChI is InChI=1S/C14H14AsNO5.C14H11N3/c1-11(17)16-20-15(18,21-19)14-9-5-8-13(10-14)12-6-3-2-4-7-12;1-2-4-12(5-3-1)14-13(10-16-17-14)11-6-8-15-9-7-11/h2-10,19H,1H3,(H,16,17);1-10H,(H,16,17). The number of aromatic nitrogens is 3. The van der Waals surface area contributed by atoms with Gasteiger partial charge < -0.3 is 0 Å². The molecule has 10 heteroatoms. The minimum absolute atomic E-state index is 0.186.